The van der Waals surface area contributed by atoms with Crippen molar-refractivity contribution in [2.75, 3.05) is 9.80 Å². The second-order valence-electron chi connectivity index (χ2n) is 12.9. The van der Waals surface area contributed by atoms with E-state index in [1.807, 2.05) is 85.2 Å². The molecule has 0 N–H and O–H groups in total. The van der Waals surface area contributed by atoms with Crippen molar-refractivity contribution in [2.24, 2.45) is 0 Å². The molecule has 6 aromatic carbocycles. The first kappa shape index (κ1) is 29.7. The lowest BCUT2D eigenvalue weighted by atomic mass is 10.1. The van der Waals surface area contributed by atoms with E-state index >= 15 is 0 Å². The van der Waals surface area contributed by atoms with Gasteiger partial charge in [0.1, 0.15) is 38.2 Å². The van der Waals surface area contributed by atoms with Gasteiger partial charge < -0.3 is 13.7 Å². The lowest BCUT2D eigenvalue weighted by molar-refractivity contribution is 0.668. The molecule has 0 radical (unpaired) electrons. The number of pyridine rings is 1. The average Bonchev–Trinajstić information content (AvgIpc) is 3.89. The van der Waals surface area contributed by atoms with Crippen LogP contribution in [0.2, 0.25) is 0 Å². The highest BCUT2D eigenvalue weighted by Gasteiger charge is 2.21. The number of anilines is 6. The second kappa shape index (κ2) is 11.8. The maximum Gasteiger partial charge on any atom is 0.157 e. The zero-order valence-electron chi connectivity index (χ0n) is 28.0. The number of furan rings is 2. The number of nitrogens with zero attached hydrogens (tertiary/aromatic N) is 5. The van der Waals surface area contributed by atoms with Gasteiger partial charge in [-0.25, -0.2) is 9.97 Å². The van der Waals surface area contributed by atoms with Crippen molar-refractivity contribution in [3.05, 3.63) is 164 Å². The first-order chi connectivity index (χ1) is 26.2. The fraction of sp³-hybridized carbons (Fsp3) is 0. The van der Waals surface area contributed by atoms with Gasteiger partial charge in [-0.2, -0.15) is 0 Å². The van der Waals surface area contributed by atoms with Gasteiger partial charge in [-0.3, -0.25) is 9.88 Å². The number of para-hydroxylation sites is 4. The minimum atomic E-state index is 0.705. The van der Waals surface area contributed by atoms with Gasteiger partial charge in [0.05, 0.1) is 28.5 Å². The van der Waals surface area contributed by atoms with E-state index in [1.54, 1.807) is 11.3 Å². The highest BCUT2D eigenvalue weighted by Crippen LogP contribution is 2.42. The van der Waals surface area contributed by atoms with Crippen molar-refractivity contribution < 1.29 is 8.83 Å². The molecular weight excluding hydrogens is 675 g/mol. The molecular formula is C45H27N5O2S. The summed E-state index contributed by atoms with van der Waals surface area (Å²) in [6.45, 7) is 0. The topological polar surface area (TPSA) is 71.4 Å². The third-order valence-electron chi connectivity index (χ3n) is 9.75. The summed E-state index contributed by atoms with van der Waals surface area (Å²) in [5, 5.41) is 4.37. The first-order valence-corrected chi connectivity index (χ1v) is 18.2. The van der Waals surface area contributed by atoms with E-state index in [1.165, 1.54) is 0 Å². The summed E-state index contributed by atoms with van der Waals surface area (Å²) in [5.74, 6) is 0.705. The van der Waals surface area contributed by atoms with Crippen LogP contribution in [0.1, 0.15) is 0 Å². The smallest absolute Gasteiger partial charge is 0.157 e. The Labute approximate surface area is 306 Å². The van der Waals surface area contributed by atoms with Crippen molar-refractivity contribution in [3.8, 4) is 0 Å². The summed E-state index contributed by atoms with van der Waals surface area (Å²) in [5.41, 5.74) is 9.81. The molecule has 0 unspecified atom stereocenters. The molecule has 0 spiro atoms. The molecule has 11 aromatic rings. The maximum atomic E-state index is 6.29. The van der Waals surface area contributed by atoms with Gasteiger partial charge in [0.25, 0.3) is 0 Å². The molecule has 0 aliphatic rings. The van der Waals surface area contributed by atoms with Gasteiger partial charge >= 0.3 is 0 Å². The molecule has 7 nitrogen and oxygen atoms in total. The second-order valence-corrected chi connectivity index (χ2v) is 14.0. The number of benzene rings is 6. The Bertz CT molecular complexity index is 2940. The molecule has 53 heavy (non-hydrogen) atoms. The SMILES string of the molecule is c1ccc(N(c2ccc3c(c2)oc2ccccc23)c2cnc3c(c2)sc2nc(N(c4ccccc4)c4ccc5c(c4)oc4ccccc45)cnc23)cc1. The van der Waals surface area contributed by atoms with Crippen LogP contribution >= 0.6 is 11.3 Å². The molecule has 250 valence electrons. The zero-order valence-corrected chi connectivity index (χ0v) is 28.9. The molecule has 0 atom stereocenters. The maximum absolute atomic E-state index is 6.29. The van der Waals surface area contributed by atoms with Crippen molar-refractivity contribution in [2.45, 2.75) is 0 Å². The van der Waals surface area contributed by atoms with E-state index in [2.05, 4.69) is 88.7 Å². The molecule has 5 heterocycles. The number of fused-ring (bicyclic) bond motifs is 9. The first-order valence-electron chi connectivity index (χ1n) is 17.3. The van der Waals surface area contributed by atoms with Crippen LogP contribution in [-0.4, -0.2) is 15.0 Å². The molecule has 5 aromatic heterocycles. The predicted octanol–water partition coefficient (Wildman–Crippen LogP) is 13.0. The van der Waals surface area contributed by atoms with E-state index in [9.17, 15) is 0 Å². The Hall–Kier alpha value is -7.03. The summed E-state index contributed by atoms with van der Waals surface area (Å²) in [6.07, 6.45) is 3.75. The Kier molecular flexibility index (Phi) is 6.59. The number of hydrogen-bond acceptors (Lipinski definition) is 8. The van der Waals surface area contributed by atoms with Crippen molar-refractivity contribution >= 4 is 110 Å². The molecule has 11 rings (SSSR count). The Morgan fingerprint density at radius 1 is 0.415 bits per heavy atom. The fourth-order valence-electron chi connectivity index (χ4n) is 7.34. The van der Waals surface area contributed by atoms with Crippen LogP contribution in [0, 0.1) is 0 Å². The number of aromatic nitrogens is 3. The summed E-state index contributed by atoms with van der Waals surface area (Å²) >= 11 is 1.59. The van der Waals surface area contributed by atoms with Gasteiger partial charge in [0.15, 0.2) is 5.82 Å². The van der Waals surface area contributed by atoms with Crippen LogP contribution in [0.15, 0.2) is 173 Å². The Morgan fingerprint density at radius 3 is 1.58 bits per heavy atom. The molecule has 0 bridgehead atoms. The molecule has 0 saturated heterocycles. The van der Waals surface area contributed by atoms with Gasteiger partial charge in [0.2, 0.25) is 0 Å². The summed E-state index contributed by atoms with van der Waals surface area (Å²) in [6, 6.07) is 51.7. The molecule has 0 saturated carbocycles. The van der Waals surface area contributed by atoms with E-state index in [0.29, 0.717) is 5.82 Å². The number of thiophene rings is 1. The summed E-state index contributed by atoms with van der Waals surface area (Å²) < 4.78 is 13.6. The van der Waals surface area contributed by atoms with Crippen LogP contribution < -0.4 is 9.80 Å². The monoisotopic (exact) mass is 701 g/mol. The fourth-order valence-corrected chi connectivity index (χ4v) is 8.36. The highest BCUT2D eigenvalue weighted by molar-refractivity contribution is 7.25. The van der Waals surface area contributed by atoms with Crippen molar-refractivity contribution in [1.29, 1.82) is 0 Å². The predicted molar refractivity (Wildman–Crippen MR) is 217 cm³/mol. The van der Waals surface area contributed by atoms with E-state index in [0.717, 1.165) is 92.9 Å². The Morgan fingerprint density at radius 2 is 0.943 bits per heavy atom. The van der Waals surface area contributed by atoms with Crippen LogP contribution in [-0.2, 0) is 0 Å². The lowest BCUT2D eigenvalue weighted by Crippen LogP contribution is -2.11. The van der Waals surface area contributed by atoms with Crippen LogP contribution in [0.4, 0.5) is 34.3 Å². The average molecular weight is 702 g/mol. The minimum Gasteiger partial charge on any atom is -0.456 e. The summed E-state index contributed by atoms with van der Waals surface area (Å²) in [7, 11) is 0. The summed E-state index contributed by atoms with van der Waals surface area (Å²) in [4.78, 5) is 20.3. The van der Waals surface area contributed by atoms with E-state index < -0.39 is 0 Å². The quantitative estimate of drug-likeness (QED) is 0.171. The standard InChI is InChI=1S/C45H27N5O2S/c1-3-11-28(12-4-1)49(30-19-21-35-33-15-7-9-17-37(33)51-39(35)23-30)32-25-41-43(46-26-32)44-45(53-41)48-42(27-47-44)50(29-13-5-2-6-14-29)31-20-22-36-34-16-8-10-18-38(34)52-40(36)24-31/h1-27H. The zero-order chi connectivity index (χ0) is 34.9. The number of rotatable bonds is 6. The van der Waals surface area contributed by atoms with Gasteiger partial charge in [0, 0.05) is 50.7 Å². The van der Waals surface area contributed by atoms with Crippen LogP contribution in [0.5, 0.6) is 0 Å². The number of hydrogen-bond donors (Lipinski definition) is 0. The van der Waals surface area contributed by atoms with E-state index in [4.69, 9.17) is 23.8 Å². The molecule has 0 amide bonds. The van der Waals surface area contributed by atoms with Crippen LogP contribution in [0.25, 0.3) is 64.4 Å². The molecule has 0 fully saturated rings. The normalized spacial score (nSPS) is 11.8. The third-order valence-corrected chi connectivity index (χ3v) is 10.8. The molecule has 0 aliphatic carbocycles. The lowest BCUT2D eigenvalue weighted by Gasteiger charge is -2.25. The van der Waals surface area contributed by atoms with E-state index in [-0.39, 0.29) is 0 Å². The largest absolute Gasteiger partial charge is 0.456 e. The van der Waals surface area contributed by atoms with Gasteiger partial charge in [-0.15, -0.1) is 11.3 Å². The van der Waals surface area contributed by atoms with Gasteiger partial charge in [-0.05, 0) is 66.7 Å². The minimum absolute atomic E-state index is 0.705. The van der Waals surface area contributed by atoms with Crippen molar-refractivity contribution in [3.63, 3.8) is 0 Å². The third kappa shape index (κ3) is 4.84. The highest BCUT2D eigenvalue weighted by atomic mass is 32.1. The Balaban J connectivity index is 1.03. The van der Waals surface area contributed by atoms with Gasteiger partial charge in [-0.1, -0.05) is 72.8 Å². The van der Waals surface area contributed by atoms with Crippen molar-refractivity contribution in [1.82, 2.24) is 15.0 Å². The molecule has 0 aliphatic heterocycles. The molecule has 8 heteroatoms. The van der Waals surface area contributed by atoms with Crippen LogP contribution in [0.3, 0.4) is 0 Å².